The van der Waals surface area contributed by atoms with Crippen LogP contribution in [0, 0.1) is 6.92 Å². The molecule has 0 bridgehead atoms. The zero-order valence-electron chi connectivity index (χ0n) is 11.5. The van der Waals surface area contributed by atoms with E-state index in [-0.39, 0.29) is 17.0 Å². The highest BCUT2D eigenvalue weighted by molar-refractivity contribution is 9.10. The van der Waals surface area contributed by atoms with Crippen LogP contribution < -0.4 is 0 Å². The van der Waals surface area contributed by atoms with Gasteiger partial charge in [0.15, 0.2) is 0 Å². The van der Waals surface area contributed by atoms with Crippen molar-refractivity contribution in [1.29, 1.82) is 0 Å². The van der Waals surface area contributed by atoms with Crippen molar-refractivity contribution in [3.63, 3.8) is 0 Å². The van der Waals surface area contributed by atoms with E-state index < -0.39 is 16.0 Å². The third-order valence-corrected chi connectivity index (χ3v) is 5.48. The van der Waals surface area contributed by atoms with Crippen molar-refractivity contribution in [1.82, 2.24) is 4.31 Å². The second-order valence-corrected chi connectivity index (χ2v) is 7.47. The van der Waals surface area contributed by atoms with Gasteiger partial charge in [-0.15, -0.1) is 0 Å². The van der Waals surface area contributed by atoms with E-state index in [1.165, 1.54) is 19.2 Å². The first-order chi connectivity index (χ1) is 9.07. The molecule has 1 N–H and O–H groups in total. The van der Waals surface area contributed by atoms with E-state index in [0.717, 1.165) is 4.31 Å². The van der Waals surface area contributed by atoms with Crippen LogP contribution in [-0.4, -0.2) is 37.4 Å². The van der Waals surface area contributed by atoms with Crippen LogP contribution >= 0.6 is 15.9 Å². The Morgan fingerprint density at radius 1 is 1.45 bits per heavy atom. The van der Waals surface area contributed by atoms with Crippen LogP contribution in [0.4, 0.5) is 0 Å². The van der Waals surface area contributed by atoms with Gasteiger partial charge in [0.2, 0.25) is 10.0 Å². The van der Waals surface area contributed by atoms with Crippen LogP contribution in [0.25, 0.3) is 0 Å². The number of hydrogen-bond donors (Lipinski definition) is 1. The number of likely N-dealkylation sites (N-methyl/N-ethyl adjacent to an activating group) is 1. The molecule has 0 atom stereocenters. The summed E-state index contributed by atoms with van der Waals surface area (Å²) < 4.78 is 26.6. The highest BCUT2D eigenvalue weighted by Gasteiger charge is 2.25. The molecule has 0 aliphatic heterocycles. The molecule has 1 rings (SSSR count). The minimum atomic E-state index is -3.76. The molecule has 0 heterocycles. The molecular weight excluding hydrogens is 346 g/mol. The lowest BCUT2D eigenvalue weighted by molar-refractivity contribution is 0.0696. The first kappa shape index (κ1) is 16.9. The first-order valence-electron chi connectivity index (χ1n) is 5.71. The maximum Gasteiger partial charge on any atom is 0.335 e. The first-order valence-corrected chi connectivity index (χ1v) is 7.95. The Balaban J connectivity index is 3.45. The van der Waals surface area contributed by atoms with Crippen molar-refractivity contribution in [3.8, 4) is 0 Å². The number of nitrogens with zero attached hydrogens (tertiary/aromatic N) is 1. The molecule has 0 fully saturated rings. The fourth-order valence-corrected chi connectivity index (χ4v) is 3.77. The zero-order chi connectivity index (χ0) is 15.7. The number of benzene rings is 1. The molecule has 110 valence electrons. The van der Waals surface area contributed by atoms with Gasteiger partial charge < -0.3 is 5.11 Å². The Hall–Kier alpha value is -1.18. The number of halogens is 1. The van der Waals surface area contributed by atoms with Crippen LogP contribution in [0.2, 0.25) is 0 Å². The van der Waals surface area contributed by atoms with E-state index in [9.17, 15) is 13.2 Å². The second-order valence-electron chi connectivity index (χ2n) is 4.60. The number of carboxylic acid groups (broad SMARTS) is 1. The van der Waals surface area contributed by atoms with Crippen molar-refractivity contribution < 1.29 is 18.3 Å². The summed E-state index contributed by atoms with van der Waals surface area (Å²) in [5.74, 6) is -1.18. The number of aromatic carboxylic acids is 1. The average Bonchev–Trinajstić information content (AvgIpc) is 2.30. The quantitative estimate of drug-likeness (QED) is 0.818. The van der Waals surface area contributed by atoms with Crippen molar-refractivity contribution in [2.45, 2.75) is 18.7 Å². The van der Waals surface area contributed by atoms with Gasteiger partial charge >= 0.3 is 5.97 Å². The molecule has 0 saturated heterocycles. The lowest BCUT2D eigenvalue weighted by Crippen LogP contribution is -2.29. The fraction of sp³-hybridized carbons (Fsp3) is 0.308. The Kier molecular flexibility index (Phi) is 5.12. The summed E-state index contributed by atoms with van der Waals surface area (Å²) in [6.45, 7) is 7.20. The molecule has 7 heteroatoms. The largest absolute Gasteiger partial charge is 0.478 e. The molecular formula is C13H16BrNO4S. The Morgan fingerprint density at radius 2 is 2.00 bits per heavy atom. The van der Waals surface area contributed by atoms with Crippen molar-refractivity contribution in [2.24, 2.45) is 0 Å². The maximum absolute atomic E-state index is 12.5. The third kappa shape index (κ3) is 3.47. The fourth-order valence-electron chi connectivity index (χ4n) is 1.68. The summed E-state index contributed by atoms with van der Waals surface area (Å²) in [5, 5.41) is 9.03. The van der Waals surface area contributed by atoms with Gasteiger partial charge in [0.05, 0.1) is 10.5 Å². The van der Waals surface area contributed by atoms with Gasteiger partial charge in [-0.2, -0.15) is 4.31 Å². The normalized spacial score (nSPS) is 11.7. The van der Waals surface area contributed by atoms with Gasteiger partial charge in [-0.05, 0) is 31.5 Å². The zero-order valence-corrected chi connectivity index (χ0v) is 13.9. The summed E-state index contributed by atoms with van der Waals surface area (Å²) in [6, 6.07) is 2.56. The third-order valence-electron chi connectivity index (χ3n) is 2.72. The predicted molar refractivity (Wildman–Crippen MR) is 80.5 cm³/mol. The molecule has 0 aliphatic carbocycles. The molecule has 20 heavy (non-hydrogen) atoms. The van der Waals surface area contributed by atoms with E-state index in [1.807, 2.05) is 0 Å². The minimum absolute atomic E-state index is 0.0203. The second kappa shape index (κ2) is 6.07. The van der Waals surface area contributed by atoms with Gasteiger partial charge in [-0.1, -0.05) is 28.1 Å². The molecule has 0 amide bonds. The summed E-state index contributed by atoms with van der Waals surface area (Å²) >= 11 is 3.19. The average molecular weight is 362 g/mol. The molecule has 0 unspecified atom stereocenters. The summed E-state index contributed by atoms with van der Waals surface area (Å²) in [4.78, 5) is 11.0. The SMILES string of the molecule is C=C(C)CN(C)S(=O)(=O)c1cc(C(=O)O)cc(Br)c1C. The van der Waals surface area contributed by atoms with E-state index in [0.29, 0.717) is 15.6 Å². The molecule has 0 spiro atoms. The maximum atomic E-state index is 12.5. The molecule has 1 aromatic rings. The molecule has 0 saturated carbocycles. The Labute approximate surface area is 127 Å². The summed E-state index contributed by atoms with van der Waals surface area (Å²) in [5.41, 5.74) is 1.09. The highest BCUT2D eigenvalue weighted by Crippen LogP contribution is 2.28. The van der Waals surface area contributed by atoms with Crippen LogP contribution in [-0.2, 0) is 10.0 Å². The lowest BCUT2D eigenvalue weighted by atomic mass is 10.1. The Bertz CT molecular complexity index is 667. The van der Waals surface area contributed by atoms with Gasteiger partial charge in [0.1, 0.15) is 0 Å². The summed E-state index contributed by atoms with van der Waals surface area (Å²) in [7, 11) is -2.33. The number of rotatable bonds is 5. The van der Waals surface area contributed by atoms with E-state index in [1.54, 1.807) is 13.8 Å². The van der Waals surface area contributed by atoms with Crippen molar-refractivity contribution in [2.75, 3.05) is 13.6 Å². The number of hydrogen-bond acceptors (Lipinski definition) is 3. The topological polar surface area (TPSA) is 74.7 Å². The van der Waals surface area contributed by atoms with Gasteiger partial charge in [0.25, 0.3) is 0 Å². The monoisotopic (exact) mass is 361 g/mol. The molecule has 5 nitrogen and oxygen atoms in total. The smallest absolute Gasteiger partial charge is 0.335 e. The number of carbonyl (C=O) groups is 1. The lowest BCUT2D eigenvalue weighted by Gasteiger charge is -2.19. The van der Waals surface area contributed by atoms with Crippen molar-refractivity contribution >= 4 is 31.9 Å². The van der Waals surface area contributed by atoms with Crippen LogP contribution in [0.1, 0.15) is 22.8 Å². The predicted octanol–water partition coefficient (Wildman–Crippen LogP) is 2.65. The molecule has 0 aliphatic rings. The molecule has 1 aromatic carbocycles. The van der Waals surface area contributed by atoms with Gasteiger partial charge in [0, 0.05) is 18.1 Å². The van der Waals surface area contributed by atoms with Crippen molar-refractivity contribution in [3.05, 3.63) is 39.9 Å². The Morgan fingerprint density at radius 3 is 2.45 bits per heavy atom. The van der Waals surface area contributed by atoms with E-state index >= 15 is 0 Å². The van der Waals surface area contributed by atoms with Gasteiger partial charge in [-0.25, -0.2) is 13.2 Å². The number of sulfonamides is 1. The van der Waals surface area contributed by atoms with E-state index in [2.05, 4.69) is 22.5 Å². The minimum Gasteiger partial charge on any atom is -0.478 e. The van der Waals surface area contributed by atoms with Gasteiger partial charge in [-0.3, -0.25) is 0 Å². The van der Waals surface area contributed by atoms with Crippen LogP contribution in [0.5, 0.6) is 0 Å². The molecule has 0 radical (unpaired) electrons. The van der Waals surface area contributed by atoms with E-state index in [4.69, 9.17) is 5.11 Å². The molecule has 0 aromatic heterocycles. The summed E-state index contributed by atoms with van der Waals surface area (Å²) in [6.07, 6.45) is 0. The van der Waals surface area contributed by atoms with Crippen LogP contribution in [0.3, 0.4) is 0 Å². The number of carboxylic acids is 1. The van der Waals surface area contributed by atoms with Crippen LogP contribution in [0.15, 0.2) is 33.7 Å². The highest BCUT2D eigenvalue weighted by atomic mass is 79.9. The standard InChI is InChI=1S/C13H16BrNO4S/c1-8(2)7-15(4)20(18,19)12-6-10(13(16)17)5-11(14)9(12)3/h5-6H,1,7H2,2-4H3,(H,16,17).